The predicted octanol–water partition coefficient (Wildman–Crippen LogP) is 1.36. The molecular weight excluding hydrogens is 272 g/mol. The van der Waals surface area contributed by atoms with Crippen LogP contribution in [0.2, 0.25) is 0 Å². The Kier molecular flexibility index (Phi) is 7.25. The molecule has 0 aliphatic carbocycles. The Bertz CT molecular complexity index is 450. The lowest BCUT2D eigenvalue weighted by atomic mass is 10.1. The van der Waals surface area contributed by atoms with Gasteiger partial charge in [-0.25, -0.2) is 9.59 Å². The summed E-state index contributed by atoms with van der Waals surface area (Å²) in [5.74, 6) is -1.05. The molecule has 1 aromatic rings. The zero-order valence-corrected chi connectivity index (χ0v) is 12.4. The van der Waals surface area contributed by atoms with E-state index in [-0.39, 0.29) is 6.42 Å². The average molecular weight is 294 g/mol. The second kappa shape index (κ2) is 8.97. The first-order valence-corrected chi connectivity index (χ1v) is 6.89. The monoisotopic (exact) mass is 294 g/mol. The van der Waals surface area contributed by atoms with E-state index >= 15 is 0 Å². The molecule has 6 heteroatoms. The predicted molar refractivity (Wildman–Crippen MR) is 79.2 cm³/mol. The van der Waals surface area contributed by atoms with Crippen molar-refractivity contribution in [2.24, 2.45) is 0 Å². The van der Waals surface area contributed by atoms with Gasteiger partial charge >= 0.3 is 12.0 Å². The number of nitrogens with one attached hydrogen (secondary N) is 1. The third-order valence-corrected chi connectivity index (χ3v) is 3.11. The van der Waals surface area contributed by atoms with Gasteiger partial charge in [0.1, 0.15) is 6.04 Å². The molecule has 1 aromatic carbocycles. The topological polar surface area (TPSA) is 78.9 Å². The molecule has 1 rings (SSSR count). The number of nitrogens with zero attached hydrogens (tertiary/aromatic N) is 1. The van der Waals surface area contributed by atoms with Crippen molar-refractivity contribution in [1.82, 2.24) is 10.2 Å². The summed E-state index contributed by atoms with van der Waals surface area (Å²) in [6.45, 7) is 3.17. The van der Waals surface area contributed by atoms with Gasteiger partial charge in [0.15, 0.2) is 0 Å². The van der Waals surface area contributed by atoms with Crippen molar-refractivity contribution in [3.05, 3.63) is 35.9 Å². The number of likely N-dealkylation sites (N-methyl/N-ethyl adjacent to an activating group) is 1. The van der Waals surface area contributed by atoms with Gasteiger partial charge in [0, 0.05) is 26.6 Å². The lowest BCUT2D eigenvalue weighted by Gasteiger charge is -2.23. The fourth-order valence-corrected chi connectivity index (χ4v) is 1.89. The second-order valence-electron chi connectivity index (χ2n) is 4.60. The summed E-state index contributed by atoms with van der Waals surface area (Å²) in [7, 11) is 1.56. The number of carbonyl (C=O) groups is 2. The van der Waals surface area contributed by atoms with Crippen molar-refractivity contribution < 1.29 is 19.4 Å². The Labute approximate surface area is 124 Å². The molecule has 0 radical (unpaired) electrons. The SMILES string of the molecule is CCN(CCOC)C(=O)N[C@@H](Cc1ccccc1)C(=O)O. The van der Waals surface area contributed by atoms with Crippen LogP contribution < -0.4 is 5.32 Å². The number of carbonyl (C=O) groups excluding carboxylic acids is 1. The number of carboxylic acid groups (broad SMARTS) is 1. The first kappa shape index (κ1) is 17.0. The maximum atomic E-state index is 12.1. The van der Waals surface area contributed by atoms with Gasteiger partial charge < -0.3 is 20.1 Å². The minimum Gasteiger partial charge on any atom is -0.480 e. The molecule has 0 aliphatic heterocycles. The van der Waals surface area contributed by atoms with Crippen LogP contribution in [0.3, 0.4) is 0 Å². The van der Waals surface area contributed by atoms with E-state index in [2.05, 4.69) is 5.32 Å². The first-order valence-electron chi connectivity index (χ1n) is 6.89. The van der Waals surface area contributed by atoms with Crippen LogP contribution in [0.15, 0.2) is 30.3 Å². The highest BCUT2D eigenvalue weighted by Gasteiger charge is 2.22. The molecule has 6 nitrogen and oxygen atoms in total. The molecule has 2 amide bonds. The van der Waals surface area contributed by atoms with E-state index < -0.39 is 18.0 Å². The van der Waals surface area contributed by atoms with Crippen LogP contribution in [0.4, 0.5) is 4.79 Å². The molecule has 0 unspecified atom stereocenters. The van der Waals surface area contributed by atoms with Gasteiger partial charge in [-0.1, -0.05) is 30.3 Å². The van der Waals surface area contributed by atoms with E-state index in [0.717, 1.165) is 5.56 Å². The molecule has 0 aliphatic rings. The van der Waals surface area contributed by atoms with Crippen LogP contribution in [-0.2, 0) is 16.0 Å². The Morgan fingerprint density at radius 3 is 2.52 bits per heavy atom. The van der Waals surface area contributed by atoms with Crippen molar-refractivity contribution in [2.75, 3.05) is 26.8 Å². The minimum atomic E-state index is -1.05. The van der Waals surface area contributed by atoms with Crippen LogP contribution in [-0.4, -0.2) is 54.9 Å². The molecular formula is C15H22N2O4. The number of hydrogen-bond donors (Lipinski definition) is 2. The standard InChI is InChI=1S/C15H22N2O4/c1-3-17(9-10-21-2)15(20)16-13(14(18)19)11-12-7-5-4-6-8-12/h4-8,13H,3,9-11H2,1-2H3,(H,16,20)(H,18,19)/t13-/m0/s1. The number of carboxylic acids is 1. The van der Waals surface area contributed by atoms with E-state index in [1.807, 2.05) is 37.3 Å². The van der Waals surface area contributed by atoms with Crippen molar-refractivity contribution in [2.45, 2.75) is 19.4 Å². The van der Waals surface area contributed by atoms with E-state index in [0.29, 0.717) is 19.7 Å². The molecule has 21 heavy (non-hydrogen) atoms. The van der Waals surface area contributed by atoms with Crippen molar-refractivity contribution >= 4 is 12.0 Å². The van der Waals surface area contributed by atoms with Gasteiger partial charge in [-0.3, -0.25) is 0 Å². The molecule has 1 atom stereocenters. The summed E-state index contributed by atoms with van der Waals surface area (Å²) in [5, 5.41) is 11.8. The number of amides is 2. The minimum absolute atomic E-state index is 0.254. The second-order valence-corrected chi connectivity index (χ2v) is 4.60. The first-order chi connectivity index (χ1) is 10.1. The third kappa shape index (κ3) is 5.83. The van der Waals surface area contributed by atoms with Crippen molar-refractivity contribution in [3.8, 4) is 0 Å². The molecule has 0 heterocycles. The van der Waals surface area contributed by atoms with Crippen molar-refractivity contribution in [1.29, 1.82) is 0 Å². The van der Waals surface area contributed by atoms with Gasteiger partial charge in [0.25, 0.3) is 0 Å². The fourth-order valence-electron chi connectivity index (χ4n) is 1.89. The lowest BCUT2D eigenvalue weighted by molar-refractivity contribution is -0.139. The quantitative estimate of drug-likeness (QED) is 0.759. The molecule has 0 saturated carbocycles. The van der Waals surface area contributed by atoms with Crippen LogP contribution in [0, 0.1) is 0 Å². The van der Waals surface area contributed by atoms with Crippen molar-refractivity contribution in [3.63, 3.8) is 0 Å². The molecule has 0 spiro atoms. The smallest absolute Gasteiger partial charge is 0.326 e. The van der Waals surface area contributed by atoms with Crippen LogP contribution in [0.25, 0.3) is 0 Å². The fraction of sp³-hybridized carbons (Fsp3) is 0.467. The third-order valence-electron chi connectivity index (χ3n) is 3.11. The Morgan fingerprint density at radius 2 is 2.00 bits per heavy atom. The van der Waals surface area contributed by atoms with Gasteiger partial charge in [-0.15, -0.1) is 0 Å². The normalized spacial score (nSPS) is 11.7. The highest BCUT2D eigenvalue weighted by molar-refractivity contribution is 5.82. The number of urea groups is 1. The summed E-state index contributed by atoms with van der Waals surface area (Å²) in [4.78, 5) is 24.9. The largest absolute Gasteiger partial charge is 0.480 e. The summed E-state index contributed by atoms with van der Waals surface area (Å²) in [6, 6.07) is 7.88. The number of hydrogen-bond acceptors (Lipinski definition) is 3. The maximum Gasteiger partial charge on any atom is 0.326 e. The zero-order valence-electron chi connectivity index (χ0n) is 12.4. The Morgan fingerprint density at radius 1 is 1.33 bits per heavy atom. The van der Waals surface area contributed by atoms with Gasteiger partial charge in [-0.05, 0) is 12.5 Å². The summed E-state index contributed by atoms with van der Waals surface area (Å²) in [6.07, 6.45) is 0.254. The number of ether oxygens (including phenoxy) is 1. The molecule has 0 aromatic heterocycles. The molecule has 0 bridgehead atoms. The lowest BCUT2D eigenvalue weighted by Crippen LogP contribution is -2.49. The van der Waals surface area contributed by atoms with E-state index in [1.54, 1.807) is 7.11 Å². The average Bonchev–Trinajstić information content (AvgIpc) is 2.48. The number of rotatable bonds is 8. The molecule has 0 fully saturated rings. The maximum absolute atomic E-state index is 12.1. The Hall–Kier alpha value is -2.08. The van der Waals surface area contributed by atoms with E-state index in [1.165, 1.54) is 4.90 Å². The Balaban J connectivity index is 2.65. The highest BCUT2D eigenvalue weighted by atomic mass is 16.5. The van der Waals surface area contributed by atoms with E-state index in [4.69, 9.17) is 4.74 Å². The zero-order chi connectivity index (χ0) is 15.7. The summed E-state index contributed by atoms with van der Waals surface area (Å²) < 4.78 is 4.93. The molecule has 116 valence electrons. The number of aliphatic carboxylic acids is 1. The molecule has 2 N–H and O–H groups in total. The van der Waals surface area contributed by atoms with Gasteiger partial charge in [0.05, 0.1) is 6.61 Å². The summed E-state index contributed by atoms with van der Waals surface area (Å²) >= 11 is 0. The highest BCUT2D eigenvalue weighted by Crippen LogP contribution is 2.04. The van der Waals surface area contributed by atoms with Crippen LogP contribution >= 0.6 is 0 Å². The van der Waals surface area contributed by atoms with Gasteiger partial charge in [-0.2, -0.15) is 0 Å². The summed E-state index contributed by atoms with van der Waals surface area (Å²) in [5.41, 5.74) is 0.866. The number of benzene rings is 1. The van der Waals surface area contributed by atoms with Gasteiger partial charge in [0.2, 0.25) is 0 Å². The van der Waals surface area contributed by atoms with Crippen LogP contribution in [0.5, 0.6) is 0 Å². The number of methoxy groups -OCH3 is 1. The van der Waals surface area contributed by atoms with Crippen LogP contribution in [0.1, 0.15) is 12.5 Å². The molecule has 0 saturated heterocycles. The van der Waals surface area contributed by atoms with E-state index in [9.17, 15) is 14.7 Å².